The fourth-order valence-electron chi connectivity index (χ4n) is 5.45. The summed E-state index contributed by atoms with van der Waals surface area (Å²) in [6, 6.07) is 8.92. The van der Waals surface area contributed by atoms with Gasteiger partial charge in [0.05, 0.1) is 0 Å². The molecule has 0 saturated carbocycles. The van der Waals surface area contributed by atoms with E-state index in [1.165, 1.54) is 75.1 Å². The van der Waals surface area contributed by atoms with Crippen LogP contribution in [0.2, 0.25) is 0 Å². The summed E-state index contributed by atoms with van der Waals surface area (Å²) in [7, 11) is 2.20. The number of piperazine rings is 1. The molecule has 0 bridgehead atoms. The summed E-state index contributed by atoms with van der Waals surface area (Å²) in [4.78, 5) is 17.6. The Morgan fingerprint density at radius 3 is 2.36 bits per heavy atom. The van der Waals surface area contributed by atoms with Crippen molar-refractivity contribution in [1.29, 1.82) is 0 Å². The summed E-state index contributed by atoms with van der Waals surface area (Å²) in [5.74, 6) is 1.96. The molecule has 2 aliphatic heterocycles. The molecule has 1 aromatic heterocycles. The zero-order valence-electron chi connectivity index (χ0n) is 20.4. The monoisotopic (exact) mass is 448 g/mol. The second-order valence-electron chi connectivity index (χ2n) is 10.0. The highest BCUT2D eigenvalue weighted by atomic mass is 15.2. The Morgan fingerprint density at radius 1 is 0.818 bits per heavy atom. The van der Waals surface area contributed by atoms with E-state index in [1.54, 1.807) is 0 Å². The predicted octanol–water partition coefficient (Wildman–Crippen LogP) is 4.06. The van der Waals surface area contributed by atoms with Crippen LogP contribution >= 0.6 is 0 Å². The normalized spacial score (nSPS) is 20.0. The van der Waals surface area contributed by atoms with Crippen molar-refractivity contribution in [3.05, 3.63) is 35.5 Å². The predicted molar refractivity (Wildman–Crippen MR) is 137 cm³/mol. The largest absolute Gasteiger partial charge is 0.370 e. The van der Waals surface area contributed by atoms with Crippen LogP contribution in [-0.2, 0) is 12.8 Å². The van der Waals surface area contributed by atoms with Crippen LogP contribution in [0, 0.1) is 0 Å². The summed E-state index contributed by atoms with van der Waals surface area (Å²) in [6.07, 6.45) is 9.86. The van der Waals surface area contributed by atoms with Crippen LogP contribution < -0.4 is 10.2 Å². The van der Waals surface area contributed by atoms with Gasteiger partial charge < -0.3 is 20.0 Å². The van der Waals surface area contributed by atoms with Crippen molar-refractivity contribution in [3.8, 4) is 11.4 Å². The maximum atomic E-state index is 5.07. The number of fused-ring (bicyclic) bond motifs is 1. The number of hydrogen-bond donors (Lipinski definition) is 1. The van der Waals surface area contributed by atoms with Crippen molar-refractivity contribution in [2.75, 3.05) is 69.6 Å². The van der Waals surface area contributed by atoms with Crippen molar-refractivity contribution in [2.45, 2.75) is 51.4 Å². The number of aryl methyl sites for hydroxylation is 1. The van der Waals surface area contributed by atoms with Gasteiger partial charge in [0, 0.05) is 55.2 Å². The highest BCUT2D eigenvalue weighted by molar-refractivity contribution is 5.63. The number of likely N-dealkylation sites (N-methyl/N-ethyl adjacent to an activating group) is 1. The molecule has 0 atom stereocenters. The molecule has 1 aromatic carbocycles. The van der Waals surface area contributed by atoms with Gasteiger partial charge in [0.2, 0.25) is 0 Å². The molecule has 2 aromatic rings. The average Bonchev–Trinajstić information content (AvgIpc) is 3.25. The second kappa shape index (κ2) is 10.8. The molecule has 0 spiro atoms. The number of aromatic nitrogens is 2. The van der Waals surface area contributed by atoms with Gasteiger partial charge in [0.1, 0.15) is 5.82 Å². The van der Waals surface area contributed by atoms with Crippen molar-refractivity contribution >= 4 is 11.5 Å². The van der Waals surface area contributed by atoms with Gasteiger partial charge in [-0.15, -0.1) is 0 Å². The van der Waals surface area contributed by atoms with Crippen LogP contribution in [-0.4, -0.2) is 79.2 Å². The number of nitrogens with one attached hydrogen (secondary N) is 1. The van der Waals surface area contributed by atoms with Crippen LogP contribution in [0.25, 0.3) is 11.4 Å². The van der Waals surface area contributed by atoms with E-state index < -0.39 is 0 Å². The first-order valence-electron chi connectivity index (χ1n) is 13.2. The summed E-state index contributed by atoms with van der Waals surface area (Å²) < 4.78 is 0. The number of anilines is 2. The lowest BCUT2D eigenvalue weighted by Crippen LogP contribution is -2.44. The first kappa shape index (κ1) is 22.6. The fourth-order valence-corrected chi connectivity index (χ4v) is 5.45. The molecule has 0 unspecified atom stereocenters. The molecule has 3 aliphatic rings. The molecule has 0 amide bonds. The van der Waals surface area contributed by atoms with Crippen molar-refractivity contribution in [2.24, 2.45) is 0 Å². The Kier molecular flexibility index (Phi) is 7.42. The number of benzene rings is 1. The summed E-state index contributed by atoms with van der Waals surface area (Å²) in [5, 5.41) is 3.71. The number of rotatable bonds is 7. The zero-order chi connectivity index (χ0) is 22.5. The average molecular weight is 449 g/mol. The van der Waals surface area contributed by atoms with Crippen LogP contribution in [0.15, 0.2) is 24.3 Å². The van der Waals surface area contributed by atoms with E-state index in [-0.39, 0.29) is 0 Å². The SMILES string of the molecule is CN1CCN(c2ccc(-c3nc4c(c(NCCCN5CCCC5)n3)CCCCC4)cc2)CC1. The molecule has 2 saturated heterocycles. The van der Waals surface area contributed by atoms with Crippen LogP contribution in [0.1, 0.15) is 49.8 Å². The van der Waals surface area contributed by atoms with Gasteiger partial charge >= 0.3 is 0 Å². The summed E-state index contributed by atoms with van der Waals surface area (Å²) in [6.45, 7) is 9.18. The van der Waals surface area contributed by atoms with Gasteiger partial charge in [0.15, 0.2) is 5.82 Å². The first-order chi connectivity index (χ1) is 16.3. The Morgan fingerprint density at radius 2 is 1.58 bits per heavy atom. The lowest BCUT2D eigenvalue weighted by molar-refractivity contribution is 0.313. The van der Waals surface area contributed by atoms with Crippen molar-refractivity contribution in [3.63, 3.8) is 0 Å². The Bertz CT molecular complexity index is 898. The van der Waals surface area contributed by atoms with Gasteiger partial charge in [-0.1, -0.05) is 6.42 Å². The van der Waals surface area contributed by atoms with Gasteiger partial charge in [0.25, 0.3) is 0 Å². The zero-order valence-corrected chi connectivity index (χ0v) is 20.4. The molecule has 178 valence electrons. The van der Waals surface area contributed by atoms with Crippen LogP contribution in [0.4, 0.5) is 11.5 Å². The third-order valence-electron chi connectivity index (χ3n) is 7.57. The van der Waals surface area contributed by atoms with Crippen LogP contribution in [0.3, 0.4) is 0 Å². The topological polar surface area (TPSA) is 47.5 Å². The standard InChI is InChI=1S/C27H40N6/c1-31-18-20-33(21-19-31)23-12-10-22(11-13-23)26-29-25-9-4-2-3-8-24(25)27(30-26)28-14-7-17-32-15-5-6-16-32/h10-13H,2-9,14-21H2,1H3,(H,28,29,30). The molecule has 1 N–H and O–H groups in total. The smallest absolute Gasteiger partial charge is 0.161 e. The van der Waals surface area contributed by atoms with E-state index in [0.29, 0.717) is 0 Å². The van der Waals surface area contributed by atoms with Crippen molar-refractivity contribution in [1.82, 2.24) is 19.8 Å². The minimum absolute atomic E-state index is 0.877. The van der Waals surface area contributed by atoms with Gasteiger partial charge in [-0.3, -0.25) is 0 Å². The molecule has 0 radical (unpaired) electrons. The molecule has 2 fully saturated rings. The molecule has 5 rings (SSSR count). The van der Waals surface area contributed by atoms with E-state index in [4.69, 9.17) is 9.97 Å². The van der Waals surface area contributed by atoms with E-state index in [1.807, 2.05) is 0 Å². The van der Waals surface area contributed by atoms with E-state index in [2.05, 4.69) is 51.3 Å². The highest BCUT2D eigenvalue weighted by Gasteiger charge is 2.19. The fraction of sp³-hybridized carbons (Fsp3) is 0.630. The minimum atomic E-state index is 0.877. The summed E-state index contributed by atoms with van der Waals surface area (Å²) in [5.41, 5.74) is 5.07. The third kappa shape index (κ3) is 5.67. The van der Waals surface area contributed by atoms with E-state index >= 15 is 0 Å². The highest BCUT2D eigenvalue weighted by Crippen LogP contribution is 2.29. The first-order valence-corrected chi connectivity index (χ1v) is 13.2. The number of likely N-dealkylation sites (tertiary alicyclic amines) is 1. The third-order valence-corrected chi connectivity index (χ3v) is 7.57. The number of nitrogens with zero attached hydrogens (tertiary/aromatic N) is 5. The molecule has 1 aliphatic carbocycles. The number of hydrogen-bond acceptors (Lipinski definition) is 6. The Labute approximate surface area is 199 Å². The molecular formula is C27H40N6. The second-order valence-corrected chi connectivity index (χ2v) is 10.0. The quantitative estimate of drug-likeness (QED) is 0.509. The molecule has 6 nitrogen and oxygen atoms in total. The van der Waals surface area contributed by atoms with E-state index in [0.717, 1.165) is 62.8 Å². The Balaban J connectivity index is 1.31. The summed E-state index contributed by atoms with van der Waals surface area (Å²) >= 11 is 0. The minimum Gasteiger partial charge on any atom is -0.370 e. The maximum Gasteiger partial charge on any atom is 0.161 e. The molecular weight excluding hydrogens is 408 g/mol. The van der Waals surface area contributed by atoms with E-state index in [9.17, 15) is 0 Å². The van der Waals surface area contributed by atoms with Crippen molar-refractivity contribution < 1.29 is 0 Å². The maximum absolute atomic E-state index is 5.07. The Hall–Kier alpha value is -2.18. The molecule has 33 heavy (non-hydrogen) atoms. The lowest BCUT2D eigenvalue weighted by atomic mass is 10.1. The van der Waals surface area contributed by atoms with Gasteiger partial charge in [-0.05, 0) is 95.9 Å². The lowest BCUT2D eigenvalue weighted by Gasteiger charge is -2.34. The molecule has 3 heterocycles. The molecule has 6 heteroatoms. The van der Waals surface area contributed by atoms with Gasteiger partial charge in [-0.2, -0.15) is 0 Å². The van der Waals surface area contributed by atoms with Crippen LogP contribution in [0.5, 0.6) is 0 Å². The van der Waals surface area contributed by atoms with Gasteiger partial charge in [-0.25, -0.2) is 9.97 Å².